The van der Waals surface area contributed by atoms with Crippen molar-refractivity contribution in [3.05, 3.63) is 42.0 Å². The summed E-state index contributed by atoms with van der Waals surface area (Å²) in [4.78, 5) is 19.3. The molecule has 23 heavy (non-hydrogen) atoms. The lowest BCUT2D eigenvalue weighted by molar-refractivity contribution is 0.0904. The highest BCUT2D eigenvalue weighted by atomic mass is 16.5. The number of aromatic nitrogens is 2. The van der Waals surface area contributed by atoms with Gasteiger partial charge in [-0.25, -0.2) is 4.98 Å². The molecule has 1 aromatic heterocycles. The average molecular weight is 312 g/mol. The third-order valence-corrected chi connectivity index (χ3v) is 3.61. The molecule has 6 nitrogen and oxygen atoms in total. The smallest absolute Gasteiger partial charge is 0.188 e. The lowest BCUT2D eigenvalue weighted by Gasteiger charge is -2.08. The number of aliphatic hydroxyl groups is 1. The molecule has 0 radical (unpaired) electrons. The Labute approximate surface area is 132 Å². The Morgan fingerprint density at radius 3 is 2.70 bits per heavy atom. The Bertz CT molecular complexity index is 870. The number of aromatic amines is 1. The molecule has 0 amide bonds. The van der Waals surface area contributed by atoms with Gasteiger partial charge < -0.3 is 19.6 Å². The summed E-state index contributed by atoms with van der Waals surface area (Å²) in [7, 11) is 3.17. The first-order valence-corrected chi connectivity index (χ1v) is 7.02. The molecule has 1 heterocycles. The van der Waals surface area contributed by atoms with Crippen LogP contribution in [0.1, 0.15) is 10.4 Å². The molecule has 118 valence electrons. The first kappa shape index (κ1) is 15.1. The zero-order valence-electron chi connectivity index (χ0n) is 12.8. The van der Waals surface area contributed by atoms with Gasteiger partial charge in [0, 0.05) is 11.6 Å². The number of hydrogen-bond acceptors (Lipinski definition) is 5. The number of hydrogen-bond donors (Lipinski definition) is 2. The minimum atomic E-state index is -0.515. The zero-order chi connectivity index (χ0) is 16.4. The number of methoxy groups -OCH3 is 2. The van der Waals surface area contributed by atoms with E-state index in [-0.39, 0.29) is 5.78 Å². The highest BCUT2D eigenvalue weighted by molar-refractivity contribution is 5.99. The van der Waals surface area contributed by atoms with Crippen molar-refractivity contribution in [3.8, 4) is 22.9 Å². The molecule has 6 heteroatoms. The Hall–Kier alpha value is -2.86. The second-order valence-electron chi connectivity index (χ2n) is 4.96. The molecule has 0 aliphatic heterocycles. The number of ketones is 1. The number of fused-ring (bicyclic) bond motifs is 1. The predicted molar refractivity (Wildman–Crippen MR) is 86.1 cm³/mol. The van der Waals surface area contributed by atoms with E-state index in [1.165, 1.54) is 0 Å². The normalized spacial score (nSPS) is 10.7. The number of ether oxygens (including phenoxy) is 2. The molecule has 0 atom stereocenters. The summed E-state index contributed by atoms with van der Waals surface area (Å²) >= 11 is 0. The standard InChI is InChI=1S/C17H16N2O4/c1-22-11-4-5-12(16(8-11)23-2)17-18-13-6-3-10(15(21)9-20)7-14(13)19-17/h3-8,20H,9H2,1-2H3,(H,18,19). The van der Waals surface area contributed by atoms with Crippen molar-refractivity contribution in [2.24, 2.45) is 0 Å². The second kappa shape index (κ2) is 6.10. The summed E-state index contributed by atoms with van der Waals surface area (Å²) in [5.74, 6) is 1.63. The van der Waals surface area contributed by atoms with Crippen molar-refractivity contribution < 1.29 is 19.4 Å². The summed E-state index contributed by atoms with van der Waals surface area (Å²) < 4.78 is 10.6. The number of carbonyl (C=O) groups excluding carboxylic acids is 1. The molecule has 0 bridgehead atoms. The van der Waals surface area contributed by atoms with Gasteiger partial charge in [0.15, 0.2) is 5.78 Å². The van der Waals surface area contributed by atoms with Crippen LogP contribution in [0.15, 0.2) is 36.4 Å². The van der Waals surface area contributed by atoms with Gasteiger partial charge in [-0.1, -0.05) is 0 Å². The van der Waals surface area contributed by atoms with E-state index < -0.39 is 6.61 Å². The van der Waals surface area contributed by atoms with Gasteiger partial charge in [0.05, 0.1) is 30.8 Å². The van der Waals surface area contributed by atoms with Crippen molar-refractivity contribution in [2.75, 3.05) is 20.8 Å². The molecular weight excluding hydrogens is 296 g/mol. The molecule has 3 rings (SSSR count). The van der Waals surface area contributed by atoms with Crippen molar-refractivity contribution in [2.45, 2.75) is 0 Å². The lowest BCUT2D eigenvalue weighted by Crippen LogP contribution is -2.03. The number of imidazole rings is 1. The molecule has 2 N–H and O–H groups in total. The Morgan fingerprint density at radius 2 is 2.00 bits per heavy atom. The topological polar surface area (TPSA) is 84.4 Å². The number of H-pyrrole nitrogens is 1. The van der Waals surface area contributed by atoms with E-state index in [9.17, 15) is 4.79 Å². The van der Waals surface area contributed by atoms with Gasteiger partial charge in [-0.05, 0) is 30.3 Å². The van der Waals surface area contributed by atoms with Crippen LogP contribution in [0.3, 0.4) is 0 Å². The van der Waals surface area contributed by atoms with Gasteiger partial charge in [-0.15, -0.1) is 0 Å². The third kappa shape index (κ3) is 2.76. The maximum absolute atomic E-state index is 11.6. The number of nitrogens with zero attached hydrogens (tertiary/aromatic N) is 1. The maximum Gasteiger partial charge on any atom is 0.188 e. The number of rotatable bonds is 5. The summed E-state index contributed by atoms with van der Waals surface area (Å²) in [6, 6.07) is 10.5. The molecule has 0 saturated carbocycles. The Morgan fingerprint density at radius 1 is 1.17 bits per heavy atom. The van der Waals surface area contributed by atoms with Crippen LogP contribution in [0.25, 0.3) is 22.4 Å². The molecule has 0 spiro atoms. The highest BCUT2D eigenvalue weighted by Gasteiger charge is 2.13. The second-order valence-corrected chi connectivity index (χ2v) is 4.96. The number of benzene rings is 2. The third-order valence-electron chi connectivity index (χ3n) is 3.61. The number of aliphatic hydroxyl groups excluding tert-OH is 1. The molecule has 0 aliphatic rings. The highest BCUT2D eigenvalue weighted by Crippen LogP contribution is 2.32. The quantitative estimate of drug-likeness (QED) is 0.707. The van der Waals surface area contributed by atoms with Crippen LogP contribution in [-0.2, 0) is 0 Å². The van der Waals surface area contributed by atoms with Crippen molar-refractivity contribution >= 4 is 16.8 Å². The fraction of sp³-hybridized carbons (Fsp3) is 0.176. The monoisotopic (exact) mass is 312 g/mol. The van der Waals surface area contributed by atoms with E-state index in [0.717, 1.165) is 16.6 Å². The van der Waals surface area contributed by atoms with E-state index in [1.807, 2.05) is 12.1 Å². The minimum absolute atomic E-state index is 0.329. The lowest BCUT2D eigenvalue weighted by atomic mass is 10.1. The van der Waals surface area contributed by atoms with Crippen LogP contribution in [-0.4, -0.2) is 41.7 Å². The SMILES string of the molecule is COc1ccc(-c2nc3ccc(C(=O)CO)cc3[nH]2)c(OC)c1. The van der Waals surface area contributed by atoms with E-state index in [4.69, 9.17) is 14.6 Å². The van der Waals surface area contributed by atoms with E-state index in [2.05, 4.69) is 9.97 Å². The first-order valence-electron chi connectivity index (χ1n) is 7.02. The summed E-state index contributed by atoms with van der Waals surface area (Å²) in [5.41, 5.74) is 2.68. The molecular formula is C17H16N2O4. The number of Topliss-reactive ketones (excluding diaryl/α,β-unsaturated/α-hetero) is 1. The predicted octanol–water partition coefficient (Wildman–Crippen LogP) is 2.42. The van der Waals surface area contributed by atoms with Crippen LogP contribution in [0.4, 0.5) is 0 Å². The van der Waals surface area contributed by atoms with Crippen LogP contribution in [0.5, 0.6) is 11.5 Å². The molecule has 0 fully saturated rings. The molecule has 2 aromatic carbocycles. The van der Waals surface area contributed by atoms with Crippen LogP contribution in [0.2, 0.25) is 0 Å². The number of nitrogens with one attached hydrogen (secondary N) is 1. The average Bonchev–Trinajstić information content (AvgIpc) is 3.03. The van der Waals surface area contributed by atoms with Crippen LogP contribution in [0, 0.1) is 0 Å². The first-order chi connectivity index (χ1) is 11.2. The Balaban J connectivity index is 2.08. The van der Waals surface area contributed by atoms with Crippen molar-refractivity contribution in [1.29, 1.82) is 0 Å². The zero-order valence-corrected chi connectivity index (χ0v) is 12.8. The molecule has 0 unspecified atom stereocenters. The van der Waals surface area contributed by atoms with Crippen molar-refractivity contribution in [1.82, 2.24) is 9.97 Å². The van der Waals surface area contributed by atoms with Gasteiger partial charge in [-0.3, -0.25) is 4.79 Å². The largest absolute Gasteiger partial charge is 0.497 e. The van der Waals surface area contributed by atoms with Gasteiger partial charge >= 0.3 is 0 Å². The molecule has 0 aliphatic carbocycles. The van der Waals surface area contributed by atoms with Gasteiger partial charge in [-0.2, -0.15) is 0 Å². The summed E-state index contributed by atoms with van der Waals surface area (Å²) in [5, 5.41) is 8.96. The molecule has 0 saturated heterocycles. The van der Waals surface area contributed by atoms with Crippen molar-refractivity contribution in [3.63, 3.8) is 0 Å². The fourth-order valence-electron chi connectivity index (χ4n) is 2.40. The van der Waals surface area contributed by atoms with Gasteiger partial charge in [0.1, 0.15) is 23.9 Å². The maximum atomic E-state index is 11.6. The van der Waals surface area contributed by atoms with E-state index in [0.29, 0.717) is 22.9 Å². The van der Waals surface area contributed by atoms with Crippen LogP contribution >= 0.6 is 0 Å². The fourth-order valence-corrected chi connectivity index (χ4v) is 2.40. The number of carbonyl (C=O) groups is 1. The van der Waals surface area contributed by atoms with Crippen LogP contribution < -0.4 is 9.47 Å². The molecule has 3 aromatic rings. The summed E-state index contributed by atoms with van der Waals surface area (Å²) in [6.07, 6.45) is 0. The van der Waals surface area contributed by atoms with Gasteiger partial charge in [0.25, 0.3) is 0 Å². The van der Waals surface area contributed by atoms with Gasteiger partial charge in [0.2, 0.25) is 0 Å². The Kier molecular flexibility index (Phi) is 3.99. The summed E-state index contributed by atoms with van der Waals surface area (Å²) in [6.45, 7) is -0.515. The van der Waals surface area contributed by atoms with E-state index >= 15 is 0 Å². The minimum Gasteiger partial charge on any atom is -0.497 e. The van der Waals surface area contributed by atoms with E-state index in [1.54, 1.807) is 38.5 Å².